The van der Waals surface area contributed by atoms with Crippen molar-refractivity contribution in [1.29, 1.82) is 0 Å². The Hall–Kier alpha value is -4.42. The number of likely N-dealkylation sites (tertiary alicyclic amines) is 1. The zero-order chi connectivity index (χ0) is 33.4. The molecule has 3 saturated heterocycles. The van der Waals surface area contributed by atoms with E-state index in [1.165, 1.54) is 0 Å². The van der Waals surface area contributed by atoms with Gasteiger partial charge in [0.2, 0.25) is 5.91 Å². The van der Waals surface area contributed by atoms with Crippen molar-refractivity contribution in [3.63, 3.8) is 0 Å². The van der Waals surface area contributed by atoms with E-state index in [-0.39, 0.29) is 29.4 Å². The summed E-state index contributed by atoms with van der Waals surface area (Å²) in [7, 11) is 0. The minimum Gasteiger partial charge on any atom is -0.507 e. The molecule has 12 nitrogen and oxygen atoms in total. The number of fused-ring (bicyclic) bond motifs is 3. The first-order chi connectivity index (χ1) is 23.3. The molecule has 0 radical (unpaired) electrons. The number of carbonyl (C=O) groups excluding carboxylic acids is 2. The second kappa shape index (κ2) is 13.6. The summed E-state index contributed by atoms with van der Waals surface area (Å²) in [4.78, 5) is 54.7. The average Bonchev–Trinajstić information content (AvgIpc) is 3.46. The Morgan fingerprint density at radius 2 is 1.65 bits per heavy atom. The van der Waals surface area contributed by atoms with Crippen LogP contribution in [0, 0.1) is 13.8 Å². The normalized spacial score (nSPS) is 19.2. The van der Waals surface area contributed by atoms with Crippen LogP contribution < -0.4 is 11.0 Å². The standard InChI is InChI=1S/C36H45N7O5/c1-23-19-25(20-24(2)33(23)44)21-30(34(45)41-15-13-40(14-16-41)26-9-17-48-18-10-26)38-35(46)42-11-7-27(8-12-42)43-31-22-37-29-6-4-3-5-28(29)32(31)39-36(43)47/h3-6,19-20,22,26-27,30,44H,7-18,21H2,1-2H3,(H,38,46)(H,39,47)/t30-/m1/s1. The number of hydrogen-bond acceptors (Lipinski definition) is 7. The molecule has 3 aliphatic heterocycles. The number of piperidine rings is 1. The van der Waals surface area contributed by atoms with E-state index in [2.05, 4.69) is 20.2 Å². The molecule has 12 heteroatoms. The number of rotatable bonds is 6. The fourth-order valence-electron chi connectivity index (χ4n) is 7.83. The highest BCUT2D eigenvalue weighted by atomic mass is 16.5. The van der Waals surface area contributed by atoms with Crippen molar-refractivity contribution in [2.75, 3.05) is 52.5 Å². The van der Waals surface area contributed by atoms with Gasteiger partial charge in [-0.2, -0.15) is 0 Å². The van der Waals surface area contributed by atoms with Gasteiger partial charge in [-0.1, -0.05) is 30.3 Å². The number of nitrogens with zero attached hydrogens (tertiary/aromatic N) is 5. The van der Waals surface area contributed by atoms with Gasteiger partial charge in [-0.05, 0) is 62.3 Å². The molecule has 1 atom stereocenters. The van der Waals surface area contributed by atoms with Crippen LogP contribution in [-0.2, 0) is 16.0 Å². The zero-order valence-corrected chi connectivity index (χ0v) is 27.8. The zero-order valence-electron chi connectivity index (χ0n) is 27.8. The molecule has 48 heavy (non-hydrogen) atoms. The minimum atomic E-state index is -0.746. The number of benzene rings is 2. The molecule has 0 saturated carbocycles. The molecule has 4 aromatic rings. The average molecular weight is 656 g/mol. The van der Waals surface area contributed by atoms with E-state index in [9.17, 15) is 19.5 Å². The van der Waals surface area contributed by atoms with Gasteiger partial charge in [0.25, 0.3) is 0 Å². The van der Waals surface area contributed by atoms with Crippen molar-refractivity contribution in [3.8, 4) is 5.75 Å². The molecule has 0 aliphatic carbocycles. The molecule has 0 spiro atoms. The van der Waals surface area contributed by atoms with Crippen LogP contribution in [0.1, 0.15) is 48.4 Å². The molecule has 5 heterocycles. The van der Waals surface area contributed by atoms with Gasteiger partial charge in [0.1, 0.15) is 11.8 Å². The number of H-pyrrole nitrogens is 1. The number of phenolic OH excluding ortho intramolecular Hbond substituents is 1. The molecule has 0 bridgehead atoms. The maximum atomic E-state index is 14.1. The van der Waals surface area contributed by atoms with Crippen LogP contribution in [0.5, 0.6) is 5.75 Å². The van der Waals surface area contributed by atoms with Crippen LogP contribution in [0.25, 0.3) is 21.9 Å². The molecule has 3 fully saturated rings. The predicted octanol–water partition coefficient (Wildman–Crippen LogP) is 3.48. The highest BCUT2D eigenvalue weighted by Crippen LogP contribution is 2.28. The molecule has 0 unspecified atom stereocenters. The lowest BCUT2D eigenvalue weighted by Gasteiger charge is -2.41. The van der Waals surface area contributed by atoms with Crippen LogP contribution in [0.15, 0.2) is 47.4 Å². The number of piperazine rings is 1. The second-order valence-electron chi connectivity index (χ2n) is 13.5. The molecule has 3 amide bonds. The number of hydrogen-bond donors (Lipinski definition) is 3. The van der Waals surface area contributed by atoms with E-state index >= 15 is 0 Å². The lowest BCUT2D eigenvalue weighted by Crippen LogP contribution is -2.59. The number of para-hydroxylation sites is 1. The second-order valence-corrected chi connectivity index (χ2v) is 13.5. The third-order valence-electron chi connectivity index (χ3n) is 10.5. The SMILES string of the molecule is Cc1cc(C[C@@H](NC(=O)N2CCC(n3c(=O)[nH]c4c5ccccc5ncc43)CC2)C(=O)N2CCN(C3CCOCC3)CC2)cc(C)c1O. The first-order valence-electron chi connectivity index (χ1n) is 17.2. The summed E-state index contributed by atoms with van der Waals surface area (Å²) in [6, 6.07) is 10.9. The molecule has 7 rings (SSSR count). The largest absolute Gasteiger partial charge is 0.507 e. The lowest BCUT2D eigenvalue weighted by atomic mass is 9.99. The van der Waals surface area contributed by atoms with Gasteiger partial charge in [0.15, 0.2) is 0 Å². The van der Waals surface area contributed by atoms with Gasteiger partial charge < -0.3 is 29.9 Å². The number of amides is 3. The quantitative estimate of drug-likeness (QED) is 0.290. The monoisotopic (exact) mass is 655 g/mol. The Morgan fingerprint density at radius 1 is 0.958 bits per heavy atom. The Morgan fingerprint density at radius 3 is 2.35 bits per heavy atom. The summed E-state index contributed by atoms with van der Waals surface area (Å²) in [5, 5.41) is 14.3. The highest BCUT2D eigenvalue weighted by molar-refractivity contribution is 6.01. The van der Waals surface area contributed by atoms with E-state index in [0.717, 1.165) is 77.8 Å². The Kier molecular flexibility index (Phi) is 9.11. The number of aromatic nitrogens is 3. The maximum absolute atomic E-state index is 14.1. The topological polar surface area (TPSA) is 136 Å². The molecule has 2 aromatic carbocycles. The van der Waals surface area contributed by atoms with Gasteiger partial charge in [0, 0.05) is 76.4 Å². The number of pyridine rings is 1. The Labute approximate surface area is 279 Å². The summed E-state index contributed by atoms with van der Waals surface area (Å²) < 4.78 is 7.32. The fourth-order valence-corrected chi connectivity index (χ4v) is 7.83. The lowest BCUT2D eigenvalue weighted by molar-refractivity contribution is -0.135. The molecule has 3 aliphatic rings. The van der Waals surface area contributed by atoms with E-state index in [4.69, 9.17) is 4.74 Å². The molecular weight excluding hydrogens is 610 g/mol. The van der Waals surface area contributed by atoms with Crippen molar-refractivity contribution >= 4 is 33.9 Å². The van der Waals surface area contributed by atoms with Gasteiger partial charge in [0.05, 0.1) is 22.7 Å². The van der Waals surface area contributed by atoms with Gasteiger partial charge in [-0.25, -0.2) is 9.59 Å². The molecule has 254 valence electrons. The number of aromatic hydroxyl groups is 1. The van der Waals surface area contributed by atoms with Crippen LogP contribution in [0.3, 0.4) is 0 Å². The van der Waals surface area contributed by atoms with Gasteiger partial charge in [-0.15, -0.1) is 0 Å². The molecular formula is C36H45N7O5. The number of phenols is 1. The van der Waals surface area contributed by atoms with Crippen molar-refractivity contribution in [2.24, 2.45) is 0 Å². The number of nitrogens with one attached hydrogen (secondary N) is 2. The Balaban J connectivity index is 1.04. The number of ether oxygens (including phenoxy) is 1. The van der Waals surface area contributed by atoms with Crippen LogP contribution in [0.4, 0.5) is 4.79 Å². The highest BCUT2D eigenvalue weighted by Gasteiger charge is 2.34. The first-order valence-corrected chi connectivity index (χ1v) is 17.2. The fraction of sp³-hybridized carbons (Fsp3) is 0.500. The summed E-state index contributed by atoms with van der Waals surface area (Å²) in [6.07, 6.45) is 5.33. The van der Waals surface area contributed by atoms with Gasteiger partial charge in [-0.3, -0.25) is 19.2 Å². The van der Waals surface area contributed by atoms with Crippen molar-refractivity contribution in [3.05, 3.63) is 69.8 Å². The summed E-state index contributed by atoms with van der Waals surface area (Å²) in [5.41, 5.74) is 4.57. The summed E-state index contributed by atoms with van der Waals surface area (Å²) in [5.74, 6) is 0.161. The van der Waals surface area contributed by atoms with E-state index in [1.807, 2.05) is 55.1 Å². The van der Waals surface area contributed by atoms with Gasteiger partial charge >= 0.3 is 11.7 Å². The van der Waals surface area contributed by atoms with E-state index in [0.29, 0.717) is 51.5 Å². The molecule has 3 N–H and O–H groups in total. The van der Waals surface area contributed by atoms with Crippen molar-refractivity contribution < 1.29 is 19.4 Å². The maximum Gasteiger partial charge on any atom is 0.326 e. The minimum absolute atomic E-state index is 0.0781. The third kappa shape index (κ3) is 6.38. The molecule has 2 aromatic heterocycles. The number of imidazole rings is 1. The van der Waals surface area contributed by atoms with Crippen LogP contribution >= 0.6 is 0 Å². The number of aryl methyl sites for hydroxylation is 2. The number of carbonyl (C=O) groups is 2. The summed E-state index contributed by atoms with van der Waals surface area (Å²) in [6.45, 7) is 9.02. The predicted molar refractivity (Wildman–Crippen MR) is 183 cm³/mol. The van der Waals surface area contributed by atoms with Crippen LogP contribution in [-0.4, -0.2) is 111 Å². The van der Waals surface area contributed by atoms with E-state index < -0.39 is 6.04 Å². The van der Waals surface area contributed by atoms with Crippen molar-refractivity contribution in [2.45, 2.75) is 64.1 Å². The smallest absolute Gasteiger partial charge is 0.326 e. The first kappa shape index (κ1) is 32.1. The van der Waals surface area contributed by atoms with Crippen molar-refractivity contribution in [1.82, 2.24) is 34.6 Å². The summed E-state index contributed by atoms with van der Waals surface area (Å²) >= 11 is 0. The third-order valence-corrected chi connectivity index (χ3v) is 10.5. The van der Waals surface area contributed by atoms with Crippen LogP contribution in [0.2, 0.25) is 0 Å². The number of urea groups is 1. The van der Waals surface area contributed by atoms with E-state index in [1.54, 1.807) is 15.7 Å². The number of aromatic amines is 1. The Bertz CT molecular complexity index is 1840.